The van der Waals surface area contributed by atoms with Crippen molar-refractivity contribution in [3.8, 4) is 0 Å². The average molecular weight is 493 g/mol. The van der Waals surface area contributed by atoms with Gasteiger partial charge in [-0.1, -0.05) is 48.0 Å². The van der Waals surface area contributed by atoms with Gasteiger partial charge in [0.2, 0.25) is 15.7 Å². The van der Waals surface area contributed by atoms with E-state index < -0.39 is 27.5 Å². The second-order valence-electron chi connectivity index (χ2n) is 7.20. The van der Waals surface area contributed by atoms with E-state index in [-0.39, 0.29) is 27.0 Å². The normalized spacial score (nSPS) is 12.1. The van der Waals surface area contributed by atoms with Crippen LogP contribution >= 0.6 is 11.6 Å². The van der Waals surface area contributed by atoms with Gasteiger partial charge in [-0.15, -0.1) is 0 Å². The van der Waals surface area contributed by atoms with Crippen LogP contribution in [0, 0.1) is 0 Å². The van der Waals surface area contributed by atoms with E-state index >= 15 is 0 Å². The molecule has 1 heterocycles. The Bertz CT molecular complexity index is 1450. The predicted octanol–water partition coefficient (Wildman–Crippen LogP) is 5.79. The van der Waals surface area contributed by atoms with Gasteiger partial charge in [-0.2, -0.15) is 13.2 Å². The Kier molecular flexibility index (Phi) is 5.94. The topological polar surface area (TPSA) is 68.2 Å². The summed E-state index contributed by atoms with van der Waals surface area (Å²) in [5, 5.41) is 2.74. The van der Waals surface area contributed by atoms with Crippen molar-refractivity contribution >= 4 is 43.9 Å². The molecule has 4 rings (SSSR count). The fraction of sp³-hybridized carbons (Fsp3) is 0.0870. The lowest BCUT2D eigenvalue weighted by Gasteiger charge is -2.12. The standard InChI is InChI=1S/C23H16ClF3N2O3S/c24-18-11-10-15(23(25,26)27)12-19(18)28-22(30)14-29-13-21(17-8-4-5-9-20(17)29)33(31,32)16-6-2-1-3-7-16/h1-13H,14H2,(H,28,30). The van der Waals surface area contributed by atoms with Gasteiger partial charge in [0.1, 0.15) is 6.54 Å². The van der Waals surface area contributed by atoms with E-state index in [1.165, 1.54) is 22.9 Å². The summed E-state index contributed by atoms with van der Waals surface area (Å²) in [4.78, 5) is 12.8. The molecule has 33 heavy (non-hydrogen) atoms. The highest BCUT2D eigenvalue weighted by Gasteiger charge is 2.31. The maximum Gasteiger partial charge on any atom is 0.416 e. The lowest BCUT2D eigenvalue weighted by atomic mass is 10.2. The van der Waals surface area contributed by atoms with Crippen molar-refractivity contribution < 1.29 is 26.4 Å². The summed E-state index contributed by atoms with van der Waals surface area (Å²) in [5.74, 6) is -0.666. The van der Waals surface area contributed by atoms with E-state index in [0.717, 1.165) is 18.2 Å². The van der Waals surface area contributed by atoms with Crippen LogP contribution in [-0.2, 0) is 27.4 Å². The smallest absolute Gasteiger partial charge is 0.337 e. The Morgan fingerprint density at radius 2 is 1.64 bits per heavy atom. The van der Waals surface area contributed by atoms with Gasteiger partial charge in [-0.3, -0.25) is 4.79 Å². The number of nitrogens with zero attached hydrogens (tertiary/aromatic N) is 1. The number of halogens is 4. The quantitative estimate of drug-likeness (QED) is 0.383. The second-order valence-corrected chi connectivity index (χ2v) is 9.52. The number of anilines is 1. The molecular formula is C23H16ClF3N2O3S. The van der Waals surface area contributed by atoms with E-state index in [0.29, 0.717) is 10.9 Å². The zero-order chi connectivity index (χ0) is 23.8. The first-order valence-corrected chi connectivity index (χ1v) is 11.5. The van der Waals surface area contributed by atoms with Crippen molar-refractivity contribution in [2.45, 2.75) is 22.5 Å². The summed E-state index contributed by atoms with van der Waals surface area (Å²) in [6, 6.07) is 17.1. The molecule has 0 atom stereocenters. The van der Waals surface area contributed by atoms with Gasteiger partial charge in [0.15, 0.2) is 0 Å². The molecule has 5 nitrogen and oxygen atoms in total. The summed E-state index contributed by atoms with van der Waals surface area (Å²) >= 11 is 5.95. The maximum absolute atomic E-state index is 13.2. The number of alkyl halides is 3. The second kappa shape index (κ2) is 8.57. The van der Waals surface area contributed by atoms with E-state index in [9.17, 15) is 26.4 Å². The first-order valence-electron chi connectivity index (χ1n) is 9.62. The van der Waals surface area contributed by atoms with E-state index in [1.54, 1.807) is 42.5 Å². The number of nitrogens with one attached hydrogen (secondary N) is 1. The average Bonchev–Trinajstić information content (AvgIpc) is 3.14. The monoisotopic (exact) mass is 492 g/mol. The Hall–Kier alpha value is -3.30. The zero-order valence-electron chi connectivity index (χ0n) is 16.8. The molecule has 0 unspecified atom stereocenters. The molecule has 1 amide bonds. The number of rotatable bonds is 5. The van der Waals surface area contributed by atoms with Gasteiger partial charge < -0.3 is 9.88 Å². The molecule has 0 aliphatic carbocycles. The Morgan fingerprint density at radius 1 is 0.970 bits per heavy atom. The Balaban J connectivity index is 1.68. The fourth-order valence-electron chi connectivity index (χ4n) is 3.43. The summed E-state index contributed by atoms with van der Waals surface area (Å²) < 4.78 is 66.8. The third kappa shape index (κ3) is 4.60. The van der Waals surface area contributed by atoms with Crippen LogP contribution in [0.1, 0.15) is 5.56 Å². The molecule has 0 saturated carbocycles. The number of carbonyl (C=O) groups excluding carboxylic acids is 1. The highest BCUT2D eigenvalue weighted by Crippen LogP contribution is 2.34. The molecule has 0 fully saturated rings. The van der Waals surface area contributed by atoms with Crippen molar-refractivity contribution in [3.05, 3.63) is 89.6 Å². The molecule has 1 N–H and O–H groups in total. The van der Waals surface area contributed by atoms with Crippen molar-refractivity contribution in [3.63, 3.8) is 0 Å². The highest BCUT2D eigenvalue weighted by molar-refractivity contribution is 7.91. The zero-order valence-corrected chi connectivity index (χ0v) is 18.4. The minimum Gasteiger partial charge on any atom is -0.337 e. The van der Waals surface area contributed by atoms with Crippen LogP contribution in [-0.4, -0.2) is 18.9 Å². The molecule has 10 heteroatoms. The Morgan fingerprint density at radius 3 is 2.33 bits per heavy atom. The molecular weight excluding hydrogens is 477 g/mol. The molecule has 0 spiro atoms. The number of amides is 1. The summed E-state index contributed by atoms with van der Waals surface area (Å²) in [6.07, 6.45) is -3.25. The van der Waals surface area contributed by atoms with Gasteiger partial charge in [-0.25, -0.2) is 8.42 Å². The Labute approximate surface area is 192 Å². The number of aromatic nitrogens is 1. The van der Waals surface area contributed by atoms with Crippen LogP contribution in [0.25, 0.3) is 10.9 Å². The largest absolute Gasteiger partial charge is 0.416 e. The van der Waals surface area contributed by atoms with Crippen molar-refractivity contribution in [2.24, 2.45) is 0 Å². The fourth-order valence-corrected chi connectivity index (χ4v) is 5.09. The molecule has 170 valence electrons. The van der Waals surface area contributed by atoms with E-state index in [1.807, 2.05) is 0 Å². The molecule has 3 aromatic carbocycles. The predicted molar refractivity (Wildman–Crippen MR) is 119 cm³/mol. The van der Waals surface area contributed by atoms with Crippen molar-refractivity contribution in [2.75, 3.05) is 5.32 Å². The van der Waals surface area contributed by atoms with Gasteiger partial charge >= 0.3 is 6.18 Å². The molecule has 4 aromatic rings. The van der Waals surface area contributed by atoms with Gasteiger partial charge in [-0.05, 0) is 36.4 Å². The van der Waals surface area contributed by atoms with Crippen LogP contribution in [0.3, 0.4) is 0 Å². The third-order valence-corrected chi connectivity index (χ3v) is 7.10. The maximum atomic E-state index is 13.2. The minimum absolute atomic E-state index is 0.0224. The van der Waals surface area contributed by atoms with Crippen molar-refractivity contribution in [1.29, 1.82) is 0 Å². The van der Waals surface area contributed by atoms with E-state index in [2.05, 4.69) is 5.32 Å². The number of para-hydroxylation sites is 1. The SMILES string of the molecule is O=C(Cn1cc(S(=O)(=O)c2ccccc2)c2ccccc21)Nc1cc(C(F)(F)F)ccc1Cl. The molecule has 0 aliphatic heterocycles. The first kappa shape index (κ1) is 22.9. The number of hydrogen-bond acceptors (Lipinski definition) is 3. The minimum atomic E-state index is -4.60. The highest BCUT2D eigenvalue weighted by atomic mass is 35.5. The number of sulfone groups is 1. The van der Waals surface area contributed by atoms with Crippen LogP contribution in [0.15, 0.2) is 88.8 Å². The van der Waals surface area contributed by atoms with Crippen molar-refractivity contribution in [1.82, 2.24) is 4.57 Å². The summed E-state index contributed by atoms with van der Waals surface area (Å²) in [5.41, 5.74) is -0.660. The number of carbonyl (C=O) groups is 1. The summed E-state index contributed by atoms with van der Waals surface area (Å²) in [6.45, 7) is -0.336. The van der Waals surface area contributed by atoms with E-state index in [4.69, 9.17) is 11.6 Å². The number of hydrogen-bond donors (Lipinski definition) is 1. The number of fused-ring (bicyclic) bond motifs is 1. The van der Waals surface area contributed by atoms with Crippen LogP contribution in [0.5, 0.6) is 0 Å². The van der Waals surface area contributed by atoms with Crippen LogP contribution < -0.4 is 5.32 Å². The molecule has 0 aliphatic rings. The molecule has 0 radical (unpaired) electrons. The lowest BCUT2D eigenvalue weighted by molar-refractivity contribution is -0.137. The lowest BCUT2D eigenvalue weighted by Crippen LogP contribution is -2.19. The third-order valence-electron chi connectivity index (χ3n) is 4.98. The first-order chi connectivity index (χ1) is 15.6. The van der Waals surface area contributed by atoms with Gasteiger partial charge in [0, 0.05) is 17.1 Å². The molecule has 0 bridgehead atoms. The molecule has 1 aromatic heterocycles. The molecule has 0 saturated heterocycles. The van der Waals surface area contributed by atoms with Crippen LogP contribution in [0.2, 0.25) is 5.02 Å². The number of benzene rings is 3. The van der Waals surface area contributed by atoms with Gasteiger partial charge in [0.05, 0.1) is 26.1 Å². The van der Waals surface area contributed by atoms with Gasteiger partial charge in [0.25, 0.3) is 0 Å². The van der Waals surface area contributed by atoms with Crippen LogP contribution in [0.4, 0.5) is 18.9 Å². The summed E-state index contributed by atoms with van der Waals surface area (Å²) in [7, 11) is -3.87.